The number of aryl methyl sites for hydroxylation is 1. The van der Waals surface area contributed by atoms with Crippen molar-refractivity contribution >= 4 is 61.5 Å². The van der Waals surface area contributed by atoms with Crippen LogP contribution in [0.5, 0.6) is 5.75 Å². The third-order valence-electron chi connectivity index (χ3n) is 4.79. The highest BCUT2D eigenvalue weighted by molar-refractivity contribution is 8.15. The monoisotopic (exact) mass is 487 g/mol. The summed E-state index contributed by atoms with van der Waals surface area (Å²) in [6.07, 6.45) is 1.41. The predicted octanol–water partition coefficient (Wildman–Crippen LogP) is 4.51. The molecular weight excluding hydrogens is 470 g/mol. The number of hydrogen-bond acceptors (Lipinski definition) is 7. The Kier molecular flexibility index (Phi) is 6.23. The van der Waals surface area contributed by atoms with Gasteiger partial charge in [-0.2, -0.15) is 13.5 Å². The van der Waals surface area contributed by atoms with Crippen LogP contribution < -0.4 is 9.50 Å². The van der Waals surface area contributed by atoms with Gasteiger partial charge in [0.2, 0.25) is 5.91 Å². The predicted molar refractivity (Wildman–Crippen MR) is 128 cm³/mol. The Balaban J connectivity index is 1.73. The molecule has 1 atom stereocenters. The van der Waals surface area contributed by atoms with Crippen LogP contribution in [0.25, 0.3) is 10.8 Å². The second kappa shape index (κ2) is 8.93. The lowest BCUT2D eigenvalue weighted by Gasteiger charge is -2.12. The Bertz CT molecular complexity index is 1390. The van der Waals surface area contributed by atoms with Crippen molar-refractivity contribution in [3.63, 3.8) is 0 Å². The summed E-state index contributed by atoms with van der Waals surface area (Å²) in [6.45, 7) is 3.55. The topological polar surface area (TPSA) is 97.2 Å². The Hall–Kier alpha value is -2.88. The van der Waals surface area contributed by atoms with Crippen molar-refractivity contribution in [1.29, 1.82) is 0 Å². The van der Waals surface area contributed by atoms with Crippen LogP contribution in [-0.2, 0) is 14.9 Å². The second-order valence-electron chi connectivity index (χ2n) is 7.05. The zero-order valence-corrected chi connectivity index (χ0v) is 19.5. The summed E-state index contributed by atoms with van der Waals surface area (Å²) in [7, 11) is -4.14. The molecule has 1 aliphatic rings. The molecule has 0 saturated carbocycles. The number of benzene rings is 3. The fraction of sp³-hybridized carbons (Fsp3) is 0.136. The van der Waals surface area contributed by atoms with Gasteiger partial charge in [-0.25, -0.2) is 0 Å². The van der Waals surface area contributed by atoms with Crippen LogP contribution in [-0.4, -0.2) is 31.0 Å². The first-order valence-corrected chi connectivity index (χ1v) is 12.2. The zero-order valence-electron chi connectivity index (χ0n) is 17.1. The van der Waals surface area contributed by atoms with Crippen LogP contribution in [0.3, 0.4) is 0 Å². The van der Waals surface area contributed by atoms with E-state index in [4.69, 9.17) is 15.8 Å². The molecule has 32 heavy (non-hydrogen) atoms. The number of amidine groups is 1. The normalized spacial score (nSPS) is 17.9. The Morgan fingerprint density at radius 1 is 1.16 bits per heavy atom. The number of carbonyl (C=O) groups is 1. The first-order valence-electron chi connectivity index (χ1n) is 9.55. The number of halogens is 1. The smallest absolute Gasteiger partial charge is 0.339 e. The lowest BCUT2D eigenvalue weighted by Crippen LogP contribution is -2.23. The van der Waals surface area contributed by atoms with Crippen molar-refractivity contribution in [2.24, 2.45) is 10.2 Å². The molecule has 0 aliphatic carbocycles. The number of hydrogen-bond donors (Lipinski definition) is 1. The van der Waals surface area contributed by atoms with Crippen LogP contribution >= 0.6 is 23.4 Å². The van der Waals surface area contributed by atoms with Gasteiger partial charge in [-0.3, -0.25) is 4.79 Å². The summed E-state index contributed by atoms with van der Waals surface area (Å²) in [4.78, 5) is 11.6. The minimum absolute atomic E-state index is 0.0524. The second-order valence-corrected chi connectivity index (χ2v) is 10.3. The van der Waals surface area contributed by atoms with Crippen molar-refractivity contribution in [3.05, 3.63) is 70.7 Å². The molecule has 1 aliphatic heterocycles. The van der Waals surface area contributed by atoms with Gasteiger partial charge in [0.25, 0.3) is 0 Å². The molecule has 1 unspecified atom stereocenters. The van der Waals surface area contributed by atoms with E-state index in [0.717, 1.165) is 16.3 Å². The molecule has 3 aromatic rings. The van der Waals surface area contributed by atoms with E-state index in [0.29, 0.717) is 15.8 Å². The van der Waals surface area contributed by atoms with Crippen LogP contribution in [0.1, 0.15) is 18.1 Å². The van der Waals surface area contributed by atoms with Crippen LogP contribution in [0.2, 0.25) is 5.02 Å². The molecule has 7 nitrogen and oxygen atoms in total. The van der Waals surface area contributed by atoms with E-state index in [-0.39, 0.29) is 21.8 Å². The average Bonchev–Trinajstić information content (AvgIpc) is 3.08. The number of rotatable bonds is 5. The number of nitrogens with zero attached hydrogens (tertiary/aromatic N) is 2. The number of carbonyl (C=O) groups excluding carboxylic acids is 1. The molecule has 1 amide bonds. The van der Waals surface area contributed by atoms with Crippen molar-refractivity contribution < 1.29 is 17.4 Å². The van der Waals surface area contributed by atoms with Gasteiger partial charge in [0.1, 0.15) is 4.90 Å². The minimum atomic E-state index is -4.14. The summed E-state index contributed by atoms with van der Waals surface area (Å²) in [5.41, 5.74) is 1.20. The number of thioether (sulfide) groups is 1. The number of fused-ring (bicyclic) bond motifs is 1. The standard InChI is InChI=1S/C22H18ClN3O4S2/c1-13-7-9-16(11-19(13)23)32(28,29)30-20-10-8-15-5-3-4-6-17(15)18(20)12-24-26-22-25-21(27)14(2)31-22/h3-12,14H,1-2H3,(H,25,26,27). The van der Waals surface area contributed by atoms with Crippen molar-refractivity contribution in [2.45, 2.75) is 24.0 Å². The quantitative estimate of drug-likeness (QED) is 0.324. The van der Waals surface area contributed by atoms with Gasteiger partial charge < -0.3 is 9.50 Å². The lowest BCUT2D eigenvalue weighted by molar-refractivity contribution is -0.118. The SMILES string of the molecule is Cc1ccc(S(=O)(=O)Oc2ccc3ccccc3c2C=N/N=C2\NC(=O)C(C)S2)cc1Cl. The fourth-order valence-corrected chi connectivity index (χ4v) is 5.00. The number of amides is 1. The zero-order chi connectivity index (χ0) is 22.9. The molecule has 0 radical (unpaired) electrons. The molecular formula is C22H18ClN3O4S2. The van der Waals surface area contributed by atoms with Gasteiger partial charge in [-0.05, 0) is 48.4 Å². The minimum Gasteiger partial charge on any atom is -0.378 e. The van der Waals surface area contributed by atoms with Crippen LogP contribution in [0.15, 0.2) is 69.7 Å². The molecule has 164 valence electrons. The van der Waals surface area contributed by atoms with Crippen LogP contribution in [0.4, 0.5) is 0 Å². The molecule has 1 saturated heterocycles. The average molecular weight is 488 g/mol. The Morgan fingerprint density at radius 2 is 1.94 bits per heavy atom. The first-order chi connectivity index (χ1) is 15.2. The van der Waals surface area contributed by atoms with E-state index in [1.54, 1.807) is 32.0 Å². The van der Waals surface area contributed by atoms with Crippen molar-refractivity contribution in [2.75, 3.05) is 0 Å². The third kappa shape index (κ3) is 4.64. The van der Waals surface area contributed by atoms with E-state index in [1.807, 2.05) is 24.3 Å². The van der Waals surface area contributed by atoms with Gasteiger partial charge >= 0.3 is 10.1 Å². The first kappa shape index (κ1) is 22.3. The maximum atomic E-state index is 12.9. The molecule has 1 fully saturated rings. The van der Waals surface area contributed by atoms with Gasteiger partial charge in [-0.1, -0.05) is 59.8 Å². The fourth-order valence-electron chi connectivity index (χ4n) is 3.02. The highest BCUT2D eigenvalue weighted by Crippen LogP contribution is 2.30. The molecule has 1 heterocycles. The van der Waals surface area contributed by atoms with Gasteiger partial charge in [0.15, 0.2) is 10.9 Å². The van der Waals surface area contributed by atoms with E-state index < -0.39 is 10.1 Å². The van der Waals surface area contributed by atoms with Gasteiger partial charge in [0, 0.05) is 10.6 Å². The highest BCUT2D eigenvalue weighted by Gasteiger charge is 2.26. The van der Waals surface area contributed by atoms with Crippen molar-refractivity contribution in [1.82, 2.24) is 5.32 Å². The van der Waals surface area contributed by atoms with Gasteiger partial charge in [-0.15, -0.1) is 5.10 Å². The summed E-state index contributed by atoms with van der Waals surface area (Å²) in [6, 6.07) is 15.2. The molecule has 4 rings (SSSR count). The van der Waals surface area contributed by atoms with Crippen molar-refractivity contribution in [3.8, 4) is 5.75 Å². The van der Waals surface area contributed by atoms with E-state index in [9.17, 15) is 13.2 Å². The Labute approximate surface area is 194 Å². The largest absolute Gasteiger partial charge is 0.378 e. The van der Waals surface area contributed by atoms with Crippen LogP contribution in [0, 0.1) is 6.92 Å². The third-order valence-corrected chi connectivity index (χ3v) is 7.40. The summed E-state index contributed by atoms with van der Waals surface area (Å²) in [5, 5.41) is 12.8. The summed E-state index contributed by atoms with van der Waals surface area (Å²) >= 11 is 7.36. The van der Waals surface area contributed by atoms with E-state index in [1.165, 1.54) is 30.1 Å². The Morgan fingerprint density at radius 3 is 2.66 bits per heavy atom. The van der Waals surface area contributed by atoms with Gasteiger partial charge in [0.05, 0.1) is 11.5 Å². The summed E-state index contributed by atoms with van der Waals surface area (Å²) < 4.78 is 31.3. The maximum absolute atomic E-state index is 12.9. The molecule has 0 aromatic heterocycles. The highest BCUT2D eigenvalue weighted by atomic mass is 35.5. The molecule has 1 N–H and O–H groups in total. The van der Waals surface area contributed by atoms with E-state index >= 15 is 0 Å². The van der Waals surface area contributed by atoms with E-state index in [2.05, 4.69) is 15.5 Å². The maximum Gasteiger partial charge on any atom is 0.339 e. The molecule has 0 bridgehead atoms. The number of nitrogens with one attached hydrogen (secondary N) is 1. The summed E-state index contributed by atoms with van der Waals surface area (Å²) in [5.74, 6) is -0.0400. The molecule has 0 spiro atoms. The molecule has 3 aromatic carbocycles. The lowest BCUT2D eigenvalue weighted by atomic mass is 10.0. The molecule has 10 heteroatoms.